The van der Waals surface area contributed by atoms with Gasteiger partial charge in [0.15, 0.2) is 0 Å². The van der Waals surface area contributed by atoms with E-state index in [1.165, 1.54) is 38.5 Å². The summed E-state index contributed by atoms with van der Waals surface area (Å²) in [6.07, 6.45) is 18.1. The van der Waals surface area contributed by atoms with Gasteiger partial charge in [-0.1, -0.05) is 50.3 Å². The molecule has 180 valence electrons. The van der Waals surface area contributed by atoms with Gasteiger partial charge in [0, 0.05) is 6.42 Å². The first-order chi connectivity index (χ1) is 15.0. The Balaban J connectivity index is 1.65. The third-order valence-corrected chi connectivity index (χ3v) is 8.56. The van der Waals surface area contributed by atoms with E-state index in [4.69, 9.17) is 0 Å². The number of rotatable bonds is 7. The van der Waals surface area contributed by atoms with Crippen molar-refractivity contribution in [2.24, 2.45) is 23.2 Å². The Morgan fingerprint density at radius 3 is 2.66 bits per heavy atom. The number of aliphatic hydroxyl groups is 3. The van der Waals surface area contributed by atoms with Crippen LogP contribution in [0.25, 0.3) is 0 Å². The van der Waals surface area contributed by atoms with Gasteiger partial charge in [-0.25, -0.2) is 0 Å². The molecule has 3 rings (SSSR count). The topological polar surface area (TPSA) is 60.7 Å². The Morgan fingerprint density at radius 2 is 1.94 bits per heavy atom. The highest BCUT2D eigenvalue weighted by Gasteiger charge is 2.50. The van der Waals surface area contributed by atoms with Gasteiger partial charge in [-0.2, -0.15) is 0 Å². The molecule has 32 heavy (non-hydrogen) atoms. The molecule has 0 saturated heterocycles. The van der Waals surface area contributed by atoms with Gasteiger partial charge >= 0.3 is 0 Å². The predicted octanol–water partition coefficient (Wildman–Crippen LogP) is 6.26. The Bertz CT molecular complexity index is 753. The zero-order valence-electron chi connectivity index (χ0n) is 20.8. The Labute approximate surface area is 196 Å². The van der Waals surface area contributed by atoms with Crippen LogP contribution in [-0.2, 0) is 0 Å². The van der Waals surface area contributed by atoms with E-state index in [-0.39, 0.29) is 0 Å². The smallest absolute Gasteiger partial charge is 0.0811 e. The molecule has 0 bridgehead atoms. The first-order valence-electron chi connectivity index (χ1n) is 12.8. The Morgan fingerprint density at radius 1 is 1.19 bits per heavy atom. The molecule has 3 heteroatoms. The van der Waals surface area contributed by atoms with E-state index in [0.29, 0.717) is 30.1 Å². The van der Waals surface area contributed by atoms with Crippen molar-refractivity contribution in [2.45, 2.75) is 110 Å². The normalized spacial score (nSPS) is 37.4. The van der Waals surface area contributed by atoms with Crippen LogP contribution in [-0.4, -0.2) is 33.1 Å². The van der Waals surface area contributed by atoms with Gasteiger partial charge < -0.3 is 15.3 Å². The first kappa shape index (κ1) is 25.5. The Hall–Kier alpha value is -1.16. The molecule has 0 heterocycles. The Kier molecular flexibility index (Phi) is 8.28. The molecule has 0 unspecified atom stereocenters. The standard InChI is InChI=1S/C29H46O3/c1-20(10-7-6-8-16-28(3,4)32)25-14-15-26-22(11-9-17-29(25,26)5)12-13-23-18-24(30)19-27(31)21(23)2/h6,8,12-13,20,24-27,30-32H,2,7,9-11,14-19H2,1,3-5H3/b8-6+,22-12+,23-13-/t20-,24-,25-,26+,27+,29-/m1/s1. The minimum atomic E-state index is -0.616. The third kappa shape index (κ3) is 6.04. The van der Waals surface area contributed by atoms with Crippen molar-refractivity contribution in [3.8, 4) is 0 Å². The number of fused-ring (bicyclic) bond motifs is 1. The molecule has 3 fully saturated rings. The molecule has 0 aliphatic heterocycles. The summed E-state index contributed by atoms with van der Waals surface area (Å²) in [6.45, 7) is 12.8. The van der Waals surface area contributed by atoms with Crippen molar-refractivity contribution in [3.05, 3.63) is 47.6 Å². The summed E-state index contributed by atoms with van der Waals surface area (Å²) in [6, 6.07) is 0. The van der Waals surface area contributed by atoms with Gasteiger partial charge in [0.25, 0.3) is 0 Å². The van der Waals surface area contributed by atoms with Crippen LogP contribution >= 0.6 is 0 Å². The summed E-state index contributed by atoms with van der Waals surface area (Å²) < 4.78 is 0. The van der Waals surface area contributed by atoms with Gasteiger partial charge in [-0.3, -0.25) is 0 Å². The lowest BCUT2D eigenvalue weighted by Gasteiger charge is -2.44. The number of hydrogen-bond donors (Lipinski definition) is 3. The second-order valence-corrected chi connectivity index (χ2v) is 11.7. The third-order valence-electron chi connectivity index (χ3n) is 8.56. The summed E-state index contributed by atoms with van der Waals surface area (Å²) in [5, 5.41) is 30.1. The molecule has 3 aliphatic rings. The SMILES string of the molecule is C=C1/C(=C\C=C2/CCC[C@]3(C)[C@@H]([C@H](C)CC/C=C/CC(C)(C)O)CC[C@@H]23)C[C@@H](O)C[C@@H]1O. The van der Waals surface area contributed by atoms with E-state index < -0.39 is 17.8 Å². The molecule has 3 saturated carbocycles. The highest BCUT2D eigenvalue weighted by Crippen LogP contribution is 2.59. The monoisotopic (exact) mass is 442 g/mol. The average molecular weight is 443 g/mol. The highest BCUT2D eigenvalue weighted by molar-refractivity contribution is 5.38. The maximum absolute atomic E-state index is 10.1. The lowest BCUT2D eigenvalue weighted by molar-refractivity contribution is 0.0835. The fourth-order valence-electron chi connectivity index (χ4n) is 6.73. The summed E-state index contributed by atoms with van der Waals surface area (Å²) in [4.78, 5) is 0. The molecular formula is C29H46O3. The fourth-order valence-corrected chi connectivity index (χ4v) is 6.73. The van der Waals surface area contributed by atoms with Gasteiger partial charge in [0.05, 0.1) is 17.8 Å². The van der Waals surface area contributed by atoms with E-state index in [1.807, 2.05) is 13.8 Å². The number of hydrogen-bond acceptors (Lipinski definition) is 3. The van der Waals surface area contributed by atoms with E-state index in [1.54, 1.807) is 5.57 Å². The molecule has 3 N–H and O–H groups in total. The zero-order chi connectivity index (χ0) is 23.5. The average Bonchev–Trinajstić information content (AvgIpc) is 3.06. The molecule has 0 radical (unpaired) electrons. The van der Waals surface area contributed by atoms with Crippen LogP contribution in [0, 0.1) is 23.2 Å². The molecule has 0 aromatic rings. The predicted molar refractivity (Wildman–Crippen MR) is 133 cm³/mol. The van der Waals surface area contributed by atoms with Crippen molar-refractivity contribution in [1.82, 2.24) is 0 Å². The van der Waals surface area contributed by atoms with E-state index in [0.717, 1.165) is 29.9 Å². The van der Waals surface area contributed by atoms with Crippen LogP contribution < -0.4 is 0 Å². The quantitative estimate of drug-likeness (QED) is 0.408. The minimum absolute atomic E-state index is 0.376. The molecule has 6 atom stereocenters. The lowest BCUT2D eigenvalue weighted by Crippen LogP contribution is -2.36. The van der Waals surface area contributed by atoms with E-state index in [2.05, 4.69) is 44.7 Å². The van der Waals surface area contributed by atoms with Crippen molar-refractivity contribution >= 4 is 0 Å². The summed E-state index contributed by atoms with van der Waals surface area (Å²) >= 11 is 0. The van der Waals surface area contributed by atoms with Crippen LogP contribution in [0.3, 0.4) is 0 Å². The van der Waals surface area contributed by atoms with Gasteiger partial charge in [0.2, 0.25) is 0 Å². The molecular weight excluding hydrogens is 396 g/mol. The lowest BCUT2D eigenvalue weighted by atomic mass is 9.60. The fraction of sp³-hybridized carbons (Fsp3) is 0.724. The van der Waals surface area contributed by atoms with E-state index in [9.17, 15) is 15.3 Å². The van der Waals surface area contributed by atoms with Crippen LogP contribution in [0.5, 0.6) is 0 Å². The van der Waals surface area contributed by atoms with Crippen molar-refractivity contribution in [2.75, 3.05) is 0 Å². The van der Waals surface area contributed by atoms with Gasteiger partial charge in [-0.05, 0) is 106 Å². The summed E-state index contributed by atoms with van der Waals surface area (Å²) in [5.41, 5.74) is 3.11. The maximum atomic E-state index is 10.1. The van der Waals surface area contributed by atoms with Crippen LogP contribution in [0.1, 0.15) is 91.9 Å². The summed E-state index contributed by atoms with van der Waals surface area (Å²) in [5.74, 6) is 2.12. The maximum Gasteiger partial charge on any atom is 0.0811 e. The minimum Gasteiger partial charge on any atom is -0.393 e. The molecule has 0 aromatic heterocycles. The number of aliphatic hydroxyl groups excluding tert-OH is 2. The van der Waals surface area contributed by atoms with Gasteiger partial charge in [0.1, 0.15) is 0 Å². The van der Waals surface area contributed by atoms with E-state index >= 15 is 0 Å². The molecule has 0 aromatic carbocycles. The molecule has 0 amide bonds. The van der Waals surface area contributed by atoms with Crippen molar-refractivity contribution in [1.29, 1.82) is 0 Å². The molecule has 3 aliphatic carbocycles. The van der Waals surface area contributed by atoms with Crippen molar-refractivity contribution in [3.63, 3.8) is 0 Å². The first-order valence-corrected chi connectivity index (χ1v) is 12.8. The molecule has 3 nitrogen and oxygen atoms in total. The largest absolute Gasteiger partial charge is 0.393 e. The second kappa shape index (κ2) is 10.4. The molecule has 0 spiro atoms. The van der Waals surface area contributed by atoms with Crippen LogP contribution in [0.4, 0.5) is 0 Å². The van der Waals surface area contributed by atoms with Gasteiger partial charge in [-0.15, -0.1) is 0 Å². The van der Waals surface area contributed by atoms with Crippen molar-refractivity contribution < 1.29 is 15.3 Å². The highest BCUT2D eigenvalue weighted by atomic mass is 16.3. The number of allylic oxidation sites excluding steroid dienone is 4. The zero-order valence-corrected chi connectivity index (χ0v) is 20.8. The second-order valence-electron chi connectivity index (χ2n) is 11.7. The summed E-state index contributed by atoms with van der Waals surface area (Å²) in [7, 11) is 0. The van der Waals surface area contributed by atoms with Crippen LogP contribution in [0.2, 0.25) is 0 Å². The van der Waals surface area contributed by atoms with Crippen LogP contribution in [0.15, 0.2) is 47.6 Å².